The minimum absolute atomic E-state index is 0.0680. The normalized spacial score (nSPS) is 16.4. The molecule has 7 heteroatoms. The van der Waals surface area contributed by atoms with Crippen LogP contribution in [0.5, 0.6) is 0 Å². The van der Waals surface area contributed by atoms with Gasteiger partial charge >= 0.3 is 0 Å². The lowest BCUT2D eigenvalue weighted by atomic mass is 10.2. The Balaban J connectivity index is 1.44. The van der Waals surface area contributed by atoms with Crippen molar-refractivity contribution in [2.24, 2.45) is 0 Å². The Kier molecular flexibility index (Phi) is 6.66. The second-order valence-corrected chi connectivity index (χ2v) is 8.56. The van der Waals surface area contributed by atoms with Crippen LogP contribution in [0.2, 0.25) is 4.34 Å². The fourth-order valence-electron chi connectivity index (χ4n) is 2.88. The molecule has 0 bridgehead atoms. The predicted octanol–water partition coefficient (Wildman–Crippen LogP) is 4.18. The van der Waals surface area contributed by atoms with Gasteiger partial charge in [-0.1, -0.05) is 11.6 Å². The molecule has 0 radical (unpaired) electrons. The maximum atomic E-state index is 12.1. The Hall–Kier alpha value is -0.950. The molecule has 130 valence electrons. The largest absolute Gasteiger partial charge is 0.468 e. The van der Waals surface area contributed by atoms with E-state index >= 15 is 0 Å². The van der Waals surface area contributed by atoms with Crippen LogP contribution in [-0.4, -0.2) is 36.2 Å². The summed E-state index contributed by atoms with van der Waals surface area (Å²) >= 11 is 9.09. The van der Waals surface area contributed by atoms with Gasteiger partial charge in [0, 0.05) is 17.2 Å². The molecule has 4 nitrogen and oxygen atoms in total. The first-order valence-corrected chi connectivity index (χ1v) is 10.4. The van der Waals surface area contributed by atoms with Crippen LogP contribution in [0.3, 0.4) is 0 Å². The summed E-state index contributed by atoms with van der Waals surface area (Å²) in [6, 6.07) is 7.93. The first kappa shape index (κ1) is 17.9. The van der Waals surface area contributed by atoms with E-state index in [9.17, 15) is 4.79 Å². The maximum absolute atomic E-state index is 12.1. The topological polar surface area (TPSA) is 45.5 Å². The predicted molar refractivity (Wildman–Crippen MR) is 101 cm³/mol. The van der Waals surface area contributed by atoms with Crippen LogP contribution in [0.25, 0.3) is 0 Å². The van der Waals surface area contributed by atoms with Crippen molar-refractivity contribution in [2.75, 3.05) is 25.4 Å². The number of nitrogens with one attached hydrogen (secondary N) is 1. The Morgan fingerprint density at radius 1 is 1.38 bits per heavy atom. The Labute approximate surface area is 155 Å². The van der Waals surface area contributed by atoms with Crippen molar-refractivity contribution < 1.29 is 9.21 Å². The minimum Gasteiger partial charge on any atom is -0.468 e. The molecule has 0 aromatic carbocycles. The van der Waals surface area contributed by atoms with Crippen molar-refractivity contribution in [2.45, 2.75) is 24.6 Å². The van der Waals surface area contributed by atoms with E-state index in [1.165, 1.54) is 17.7 Å². The molecule has 0 aliphatic carbocycles. The van der Waals surface area contributed by atoms with Crippen molar-refractivity contribution in [3.63, 3.8) is 0 Å². The van der Waals surface area contributed by atoms with E-state index in [0.29, 0.717) is 12.3 Å². The lowest BCUT2D eigenvalue weighted by Crippen LogP contribution is -2.37. The summed E-state index contributed by atoms with van der Waals surface area (Å²) in [5.74, 6) is 2.27. The molecule has 0 spiro atoms. The summed E-state index contributed by atoms with van der Waals surface area (Å²) in [6.07, 6.45) is 4.12. The Bertz CT molecular complexity index is 639. The molecule has 3 rings (SSSR count). The highest BCUT2D eigenvalue weighted by Gasteiger charge is 2.25. The number of carbonyl (C=O) groups is 1. The molecule has 1 fully saturated rings. The number of carbonyl (C=O) groups excluding carboxylic acids is 1. The third-order valence-electron chi connectivity index (χ3n) is 4.05. The summed E-state index contributed by atoms with van der Waals surface area (Å²) < 4.78 is 6.37. The number of hydrogen-bond acceptors (Lipinski definition) is 5. The van der Waals surface area contributed by atoms with E-state index in [-0.39, 0.29) is 11.9 Å². The average molecular weight is 385 g/mol. The van der Waals surface area contributed by atoms with E-state index in [1.54, 1.807) is 29.4 Å². The van der Waals surface area contributed by atoms with E-state index in [1.807, 2.05) is 24.3 Å². The van der Waals surface area contributed by atoms with Gasteiger partial charge in [0.05, 0.1) is 22.4 Å². The minimum atomic E-state index is 0.0680. The van der Waals surface area contributed by atoms with Crippen molar-refractivity contribution in [1.29, 1.82) is 0 Å². The number of hydrogen-bond donors (Lipinski definition) is 1. The lowest BCUT2D eigenvalue weighted by Gasteiger charge is -2.25. The zero-order chi connectivity index (χ0) is 16.8. The molecule has 1 aliphatic heterocycles. The highest BCUT2D eigenvalue weighted by atomic mass is 35.5. The third kappa shape index (κ3) is 5.02. The molecule has 2 aromatic heterocycles. The fraction of sp³-hybridized carbons (Fsp3) is 0.471. The molecule has 1 saturated heterocycles. The molecular weight excluding hydrogens is 364 g/mol. The van der Waals surface area contributed by atoms with Crippen molar-refractivity contribution >= 4 is 40.6 Å². The van der Waals surface area contributed by atoms with Gasteiger partial charge in [-0.05, 0) is 50.2 Å². The number of thioether (sulfide) groups is 1. The first-order chi connectivity index (χ1) is 11.7. The highest BCUT2D eigenvalue weighted by molar-refractivity contribution is 7.99. The molecule has 1 aliphatic rings. The number of halogens is 1. The van der Waals surface area contributed by atoms with Crippen LogP contribution >= 0.6 is 34.7 Å². The van der Waals surface area contributed by atoms with E-state index in [4.69, 9.17) is 16.0 Å². The zero-order valence-corrected chi connectivity index (χ0v) is 15.8. The van der Waals surface area contributed by atoms with Crippen LogP contribution in [0.15, 0.2) is 34.9 Å². The van der Waals surface area contributed by atoms with Crippen molar-refractivity contribution in [3.05, 3.63) is 45.5 Å². The molecule has 1 atom stereocenters. The van der Waals surface area contributed by atoms with E-state index < -0.39 is 0 Å². The van der Waals surface area contributed by atoms with Crippen LogP contribution in [0.4, 0.5) is 0 Å². The van der Waals surface area contributed by atoms with Gasteiger partial charge < -0.3 is 9.73 Å². The van der Waals surface area contributed by atoms with Gasteiger partial charge in [-0.3, -0.25) is 9.69 Å². The monoisotopic (exact) mass is 384 g/mol. The van der Waals surface area contributed by atoms with Gasteiger partial charge in [-0.25, -0.2) is 0 Å². The van der Waals surface area contributed by atoms with Crippen molar-refractivity contribution in [3.8, 4) is 0 Å². The molecular formula is C17H21ClN2O2S2. The Morgan fingerprint density at radius 2 is 2.21 bits per heavy atom. The summed E-state index contributed by atoms with van der Waals surface area (Å²) in [6.45, 7) is 2.72. The third-order valence-corrected chi connectivity index (χ3v) is 6.45. The van der Waals surface area contributed by atoms with E-state index in [2.05, 4.69) is 10.2 Å². The van der Waals surface area contributed by atoms with Gasteiger partial charge in [0.1, 0.15) is 5.76 Å². The lowest BCUT2D eigenvalue weighted by molar-refractivity contribution is -0.118. The van der Waals surface area contributed by atoms with Gasteiger partial charge in [0.25, 0.3) is 0 Å². The van der Waals surface area contributed by atoms with Gasteiger partial charge in [0.2, 0.25) is 5.91 Å². The van der Waals surface area contributed by atoms with Crippen LogP contribution < -0.4 is 5.32 Å². The molecule has 1 amide bonds. The second-order valence-electron chi connectivity index (χ2n) is 5.78. The average Bonchev–Trinajstić information content (AvgIpc) is 3.30. The van der Waals surface area contributed by atoms with Gasteiger partial charge in [-0.2, -0.15) is 0 Å². The molecule has 3 heterocycles. The number of likely N-dealkylation sites (tertiary alicyclic amines) is 1. The standard InChI is InChI=1S/C17H21ClN2O2S2/c18-16-6-5-13(24-16)11-23-12-17(21)19-10-14(15-4-3-9-22-15)20-7-1-2-8-20/h3-6,9,14H,1-2,7-8,10-12H2,(H,19,21). The van der Waals surface area contributed by atoms with Gasteiger partial charge in [0.15, 0.2) is 0 Å². The number of amides is 1. The SMILES string of the molecule is O=C(CSCc1ccc(Cl)s1)NCC(c1ccco1)N1CCCC1. The number of nitrogens with zero attached hydrogens (tertiary/aromatic N) is 1. The van der Waals surface area contributed by atoms with Crippen LogP contribution in [0.1, 0.15) is 29.5 Å². The number of thiophene rings is 1. The molecule has 2 aromatic rings. The molecule has 0 saturated carbocycles. The second kappa shape index (κ2) is 8.94. The zero-order valence-electron chi connectivity index (χ0n) is 13.4. The smallest absolute Gasteiger partial charge is 0.230 e. The summed E-state index contributed by atoms with van der Waals surface area (Å²) in [4.78, 5) is 15.7. The number of furan rings is 1. The summed E-state index contributed by atoms with van der Waals surface area (Å²) in [7, 11) is 0. The van der Waals surface area contributed by atoms with Crippen LogP contribution in [0, 0.1) is 0 Å². The molecule has 1 unspecified atom stereocenters. The summed E-state index contributed by atoms with van der Waals surface area (Å²) in [5, 5.41) is 3.06. The molecule has 24 heavy (non-hydrogen) atoms. The van der Waals surface area contributed by atoms with E-state index in [0.717, 1.165) is 28.9 Å². The van der Waals surface area contributed by atoms with Crippen molar-refractivity contribution in [1.82, 2.24) is 10.2 Å². The summed E-state index contributed by atoms with van der Waals surface area (Å²) in [5.41, 5.74) is 0. The first-order valence-electron chi connectivity index (χ1n) is 8.08. The highest BCUT2D eigenvalue weighted by Crippen LogP contribution is 2.26. The molecule has 1 N–H and O–H groups in total. The Morgan fingerprint density at radius 3 is 2.88 bits per heavy atom. The quantitative estimate of drug-likeness (QED) is 0.741. The van der Waals surface area contributed by atoms with Gasteiger partial charge in [-0.15, -0.1) is 23.1 Å². The fourth-order valence-corrected chi connectivity index (χ4v) is 4.93. The maximum Gasteiger partial charge on any atom is 0.230 e. The number of rotatable bonds is 8. The van der Waals surface area contributed by atoms with Crippen LogP contribution in [-0.2, 0) is 10.5 Å².